The second kappa shape index (κ2) is 4.47. The number of nitrogens with two attached hydrogens (primary N) is 1. The second-order valence-corrected chi connectivity index (χ2v) is 5.54. The van der Waals surface area contributed by atoms with Gasteiger partial charge in [-0.05, 0) is 13.0 Å². The van der Waals surface area contributed by atoms with Crippen LogP contribution < -0.4 is 5.73 Å². The first-order valence-corrected chi connectivity index (χ1v) is 6.82. The standard InChI is InChI=1S/C12H10ClFN4S/c1-6-5-19-11(16-6)4-18-10-2-7(13)8(14)3-9(10)17-12(18)15/h2-3,5H,4H2,1H3,(H2,15,17). The summed E-state index contributed by atoms with van der Waals surface area (Å²) in [6, 6.07) is 2.83. The Bertz CT molecular complexity index is 765. The quantitative estimate of drug-likeness (QED) is 0.790. The van der Waals surface area contributed by atoms with Crippen molar-refractivity contribution in [3.05, 3.63) is 39.1 Å². The molecule has 0 aliphatic rings. The third-order valence-corrected chi connectivity index (χ3v) is 4.02. The van der Waals surface area contributed by atoms with E-state index in [-0.39, 0.29) is 5.02 Å². The summed E-state index contributed by atoms with van der Waals surface area (Å²) in [6.07, 6.45) is 0. The minimum Gasteiger partial charge on any atom is -0.369 e. The maximum atomic E-state index is 13.4. The van der Waals surface area contributed by atoms with E-state index in [9.17, 15) is 4.39 Å². The number of anilines is 1. The van der Waals surface area contributed by atoms with E-state index in [4.69, 9.17) is 17.3 Å². The number of imidazole rings is 1. The average molecular weight is 297 g/mol. The third-order valence-electron chi connectivity index (χ3n) is 2.78. The van der Waals surface area contributed by atoms with Crippen LogP contribution in [0.2, 0.25) is 5.02 Å². The van der Waals surface area contributed by atoms with Crippen LogP contribution >= 0.6 is 22.9 Å². The summed E-state index contributed by atoms with van der Waals surface area (Å²) in [7, 11) is 0. The Morgan fingerprint density at radius 3 is 2.89 bits per heavy atom. The van der Waals surface area contributed by atoms with E-state index in [0.717, 1.165) is 10.7 Å². The molecule has 98 valence electrons. The predicted octanol–water partition coefficient (Wildman–Crippen LogP) is 3.22. The lowest BCUT2D eigenvalue weighted by Gasteiger charge is -2.04. The largest absolute Gasteiger partial charge is 0.369 e. The van der Waals surface area contributed by atoms with Gasteiger partial charge in [0.15, 0.2) is 0 Å². The van der Waals surface area contributed by atoms with Crippen LogP contribution in [0.15, 0.2) is 17.5 Å². The molecule has 2 aromatic heterocycles. The normalized spacial score (nSPS) is 11.3. The molecule has 0 amide bonds. The average Bonchev–Trinajstić information content (AvgIpc) is 2.87. The van der Waals surface area contributed by atoms with Crippen LogP contribution in [-0.2, 0) is 6.54 Å². The summed E-state index contributed by atoms with van der Waals surface area (Å²) in [5, 5.41) is 2.95. The molecule has 0 bridgehead atoms. The smallest absolute Gasteiger partial charge is 0.201 e. The Morgan fingerprint density at radius 2 is 2.21 bits per heavy atom. The van der Waals surface area contributed by atoms with Gasteiger partial charge in [0.1, 0.15) is 10.8 Å². The lowest BCUT2D eigenvalue weighted by molar-refractivity contribution is 0.629. The number of halogens is 2. The molecule has 7 heteroatoms. The Kier molecular flexibility index (Phi) is 2.91. The van der Waals surface area contributed by atoms with Crippen molar-refractivity contribution >= 4 is 39.9 Å². The van der Waals surface area contributed by atoms with Crippen molar-refractivity contribution in [2.24, 2.45) is 0 Å². The zero-order valence-electron chi connectivity index (χ0n) is 10.0. The van der Waals surface area contributed by atoms with Crippen molar-refractivity contribution in [3.63, 3.8) is 0 Å². The molecule has 0 saturated carbocycles. The van der Waals surface area contributed by atoms with Gasteiger partial charge in [-0.3, -0.25) is 0 Å². The zero-order valence-corrected chi connectivity index (χ0v) is 11.6. The van der Waals surface area contributed by atoms with Gasteiger partial charge in [-0.2, -0.15) is 0 Å². The number of nitrogens with zero attached hydrogens (tertiary/aromatic N) is 3. The number of fused-ring (bicyclic) bond motifs is 1. The van der Waals surface area contributed by atoms with Gasteiger partial charge >= 0.3 is 0 Å². The highest BCUT2D eigenvalue weighted by atomic mass is 35.5. The number of aromatic nitrogens is 3. The molecule has 0 spiro atoms. The van der Waals surface area contributed by atoms with E-state index in [2.05, 4.69) is 9.97 Å². The Hall–Kier alpha value is -1.66. The fourth-order valence-electron chi connectivity index (χ4n) is 1.92. The van der Waals surface area contributed by atoms with Crippen molar-refractivity contribution in [2.45, 2.75) is 13.5 Å². The van der Waals surface area contributed by atoms with Gasteiger partial charge in [0, 0.05) is 17.1 Å². The van der Waals surface area contributed by atoms with Crippen molar-refractivity contribution in [1.29, 1.82) is 0 Å². The predicted molar refractivity (Wildman–Crippen MR) is 75.1 cm³/mol. The molecule has 0 aliphatic heterocycles. The number of hydrogen-bond donors (Lipinski definition) is 1. The molecule has 0 saturated heterocycles. The van der Waals surface area contributed by atoms with E-state index >= 15 is 0 Å². The van der Waals surface area contributed by atoms with Gasteiger partial charge in [0.2, 0.25) is 5.95 Å². The van der Waals surface area contributed by atoms with E-state index < -0.39 is 5.82 Å². The van der Waals surface area contributed by atoms with Crippen molar-refractivity contribution in [3.8, 4) is 0 Å². The van der Waals surface area contributed by atoms with Gasteiger partial charge in [-0.15, -0.1) is 11.3 Å². The van der Waals surface area contributed by atoms with E-state index in [0.29, 0.717) is 23.5 Å². The number of aryl methyl sites for hydroxylation is 1. The lowest BCUT2D eigenvalue weighted by atomic mass is 10.3. The second-order valence-electron chi connectivity index (χ2n) is 4.19. The van der Waals surface area contributed by atoms with Gasteiger partial charge in [-0.1, -0.05) is 11.6 Å². The highest BCUT2D eigenvalue weighted by Gasteiger charge is 2.13. The molecule has 3 rings (SSSR count). The molecule has 2 heterocycles. The van der Waals surface area contributed by atoms with Crippen LogP contribution in [0.25, 0.3) is 11.0 Å². The van der Waals surface area contributed by atoms with Gasteiger partial charge < -0.3 is 10.3 Å². The fraction of sp³-hybridized carbons (Fsp3) is 0.167. The molecule has 0 fully saturated rings. The number of benzene rings is 1. The summed E-state index contributed by atoms with van der Waals surface area (Å²) in [6.45, 7) is 2.43. The van der Waals surface area contributed by atoms with Crippen molar-refractivity contribution in [2.75, 3.05) is 5.73 Å². The minimum atomic E-state index is -0.496. The van der Waals surface area contributed by atoms with Crippen LogP contribution in [-0.4, -0.2) is 14.5 Å². The first-order chi connectivity index (χ1) is 9.04. The molecular weight excluding hydrogens is 287 g/mol. The molecule has 4 nitrogen and oxygen atoms in total. The Labute approximate surface area is 117 Å². The zero-order chi connectivity index (χ0) is 13.6. The van der Waals surface area contributed by atoms with Crippen LogP contribution in [0.1, 0.15) is 10.7 Å². The van der Waals surface area contributed by atoms with E-state index in [1.807, 2.05) is 12.3 Å². The summed E-state index contributed by atoms with van der Waals surface area (Å²) < 4.78 is 15.2. The first-order valence-electron chi connectivity index (χ1n) is 5.56. The van der Waals surface area contributed by atoms with Crippen LogP contribution in [0.4, 0.5) is 10.3 Å². The molecule has 0 aliphatic carbocycles. The van der Waals surface area contributed by atoms with Crippen LogP contribution in [0.3, 0.4) is 0 Å². The summed E-state index contributed by atoms with van der Waals surface area (Å²) in [5.41, 5.74) is 8.03. The number of hydrogen-bond acceptors (Lipinski definition) is 4. The molecular formula is C12H10ClFN4S. The van der Waals surface area contributed by atoms with Gasteiger partial charge in [0.05, 0.1) is 22.6 Å². The van der Waals surface area contributed by atoms with E-state index in [1.54, 1.807) is 15.9 Å². The molecule has 19 heavy (non-hydrogen) atoms. The van der Waals surface area contributed by atoms with Gasteiger partial charge in [-0.25, -0.2) is 14.4 Å². The lowest BCUT2D eigenvalue weighted by Crippen LogP contribution is -2.04. The van der Waals surface area contributed by atoms with E-state index in [1.165, 1.54) is 12.1 Å². The molecule has 3 aromatic rings. The first kappa shape index (κ1) is 12.4. The highest BCUT2D eigenvalue weighted by Crippen LogP contribution is 2.26. The molecule has 0 unspecified atom stereocenters. The summed E-state index contributed by atoms with van der Waals surface area (Å²) in [4.78, 5) is 8.52. The summed E-state index contributed by atoms with van der Waals surface area (Å²) >= 11 is 7.36. The number of nitrogen functional groups attached to an aromatic ring is 1. The van der Waals surface area contributed by atoms with Gasteiger partial charge in [0.25, 0.3) is 0 Å². The minimum absolute atomic E-state index is 0.0592. The fourth-order valence-corrected chi connectivity index (χ4v) is 2.83. The highest BCUT2D eigenvalue weighted by molar-refractivity contribution is 7.09. The number of thiazole rings is 1. The Morgan fingerprint density at radius 1 is 1.42 bits per heavy atom. The maximum Gasteiger partial charge on any atom is 0.201 e. The maximum absolute atomic E-state index is 13.4. The third kappa shape index (κ3) is 2.17. The topological polar surface area (TPSA) is 56.7 Å². The molecule has 0 atom stereocenters. The number of rotatable bonds is 2. The molecule has 1 aromatic carbocycles. The monoisotopic (exact) mass is 296 g/mol. The summed E-state index contributed by atoms with van der Waals surface area (Å²) in [5.74, 6) is -0.173. The van der Waals surface area contributed by atoms with Crippen molar-refractivity contribution < 1.29 is 4.39 Å². The van der Waals surface area contributed by atoms with Crippen LogP contribution in [0.5, 0.6) is 0 Å². The molecule has 2 N–H and O–H groups in total. The SMILES string of the molecule is Cc1csc(Cn2c(N)nc3cc(F)c(Cl)cc32)n1. The Balaban J connectivity index is 2.12. The molecule has 0 radical (unpaired) electrons. The van der Waals surface area contributed by atoms with Crippen LogP contribution in [0, 0.1) is 12.7 Å². The van der Waals surface area contributed by atoms with Crippen molar-refractivity contribution in [1.82, 2.24) is 14.5 Å².